The molecule has 0 unspecified atom stereocenters. The van der Waals surface area contributed by atoms with Gasteiger partial charge >= 0.3 is 0 Å². The lowest BCUT2D eigenvalue weighted by Gasteiger charge is -2.36. The molecular weight excluding hydrogens is 350 g/mol. The van der Waals surface area contributed by atoms with E-state index in [1.54, 1.807) is 11.8 Å². The predicted octanol–water partition coefficient (Wildman–Crippen LogP) is 1.17. The first-order valence-corrected chi connectivity index (χ1v) is 10.2. The molecule has 0 saturated carbocycles. The van der Waals surface area contributed by atoms with Crippen LogP contribution in [0.15, 0.2) is 35.2 Å². The topological polar surface area (TPSA) is 53.1 Å². The van der Waals surface area contributed by atoms with Crippen LogP contribution in [0.2, 0.25) is 0 Å². The number of nitrogens with zero attached hydrogens (tertiary/aromatic N) is 3. The molecule has 0 bridgehead atoms. The fourth-order valence-corrected chi connectivity index (χ4v) is 4.05. The van der Waals surface area contributed by atoms with Crippen molar-refractivity contribution >= 4 is 23.6 Å². The summed E-state index contributed by atoms with van der Waals surface area (Å²) in [6, 6.07) is 10.1. The number of thioether (sulfide) groups is 1. The van der Waals surface area contributed by atoms with Crippen molar-refractivity contribution in [2.24, 2.45) is 0 Å². The number of carbonyl (C=O) groups excluding carboxylic acids is 2. The molecule has 0 aliphatic carbocycles. The van der Waals surface area contributed by atoms with Gasteiger partial charge in [-0.15, -0.1) is 11.8 Å². The highest BCUT2D eigenvalue weighted by molar-refractivity contribution is 7.99. The Hall–Kier alpha value is -1.57. The Labute approximate surface area is 159 Å². The second-order valence-electron chi connectivity index (χ2n) is 6.56. The summed E-state index contributed by atoms with van der Waals surface area (Å²) in [4.78, 5) is 31.9. The van der Waals surface area contributed by atoms with E-state index in [0.717, 1.165) is 18.8 Å². The van der Waals surface area contributed by atoms with Gasteiger partial charge in [0.05, 0.1) is 19.8 Å². The van der Waals surface area contributed by atoms with Gasteiger partial charge in [-0.2, -0.15) is 0 Å². The molecule has 1 aromatic rings. The predicted molar refractivity (Wildman–Crippen MR) is 102 cm³/mol. The Kier molecular flexibility index (Phi) is 7.34. The molecular formula is C19H27N3O3S. The standard InChI is InChI=1S/C19H27N3O3S/c23-18(6-15-26-17-4-2-1-3-5-17)21-7-9-22(10-8-21)19(24)16-20-11-13-25-14-12-20/h1-5H,6-16H2. The number of benzene rings is 1. The molecule has 0 aromatic heterocycles. The van der Waals surface area contributed by atoms with Crippen molar-refractivity contribution in [3.8, 4) is 0 Å². The summed E-state index contributed by atoms with van der Waals surface area (Å²) >= 11 is 1.71. The van der Waals surface area contributed by atoms with Crippen molar-refractivity contribution in [3.05, 3.63) is 30.3 Å². The first-order chi connectivity index (χ1) is 12.7. The largest absolute Gasteiger partial charge is 0.379 e. The van der Waals surface area contributed by atoms with Crippen LogP contribution < -0.4 is 0 Å². The molecule has 142 valence electrons. The van der Waals surface area contributed by atoms with Crippen molar-refractivity contribution < 1.29 is 14.3 Å². The molecule has 26 heavy (non-hydrogen) atoms. The van der Waals surface area contributed by atoms with Crippen LogP contribution >= 0.6 is 11.8 Å². The second kappa shape index (κ2) is 9.94. The Morgan fingerprint density at radius 3 is 2.15 bits per heavy atom. The SMILES string of the molecule is O=C(CCSc1ccccc1)N1CCN(C(=O)CN2CCOCC2)CC1. The van der Waals surface area contributed by atoms with E-state index in [1.165, 1.54) is 4.90 Å². The minimum Gasteiger partial charge on any atom is -0.379 e. The molecule has 6 nitrogen and oxygen atoms in total. The molecule has 1 aromatic carbocycles. The van der Waals surface area contributed by atoms with Crippen LogP contribution in [0.3, 0.4) is 0 Å². The van der Waals surface area contributed by atoms with E-state index in [0.29, 0.717) is 52.4 Å². The van der Waals surface area contributed by atoms with Crippen molar-refractivity contribution in [1.82, 2.24) is 14.7 Å². The van der Waals surface area contributed by atoms with Gasteiger partial charge in [0.25, 0.3) is 0 Å². The molecule has 2 amide bonds. The maximum absolute atomic E-state index is 12.4. The number of piperazine rings is 1. The highest BCUT2D eigenvalue weighted by atomic mass is 32.2. The number of amides is 2. The molecule has 3 rings (SSSR count). The van der Waals surface area contributed by atoms with Crippen LogP contribution in [-0.2, 0) is 14.3 Å². The van der Waals surface area contributed by atoms with E-state index in [-0.39, 0.29) is 11.8 Å². The minimum atomic E-state index is 0.165. The van der Waals surface area contributed by atoms with Gasteiger partial charge in [0, 0.05) is 56.3 Å². The van der Waals surface area contributed by atoms with Crippen LogP contribution in [0.5, 0.6) is 0 Å². The second-order valence-corrected chi connectivity index (χ2v) is 7.73. The zero-order valence-electron chi connectivity index (χ0n) is 15.1. The quantitative estimate of drug-likeness (QED) is 0.697. The smallest absolute Gasteiger partial charge is 0.236 e. The number of hydrogen-bond acceptors (Lipinski definition) is 5. The monoisotopic (exact) mass is 377 g/mol. The summed E-state index contributed by atoms with van der Waals surface area (Å²) in [5.74, 6) is 1.14. The summed E-state index contributed by atoms with van der Waals surface area (Å²) < 4.78 is 5.32. The van der Waals surface area contributed by atoms with Gasteiger partial charge in [-0.05, 0) is 12.1 Å². The summed E-state index contributed by atoms with van der Waals surface area (Å²) in [7, 11) is 0. The van der Waals surface area contributed by atoms with E-state index in [4.69, 9.17) is 4.74 Å². The third kappa shape index (κ3) is 5.72. The highest BCUT2D eigenvalue weighted by Gasteiger charge is 2.25. The zero-order chi connectivity index (χ0) is 18.2. The molecule has 2 fully saturated rings. The average Bonchev–Trinajstić information content (AvgIpc) is 2.69. The third-order valence-corrected chi connectivity index (χ3v) is 5.79. The van der Waals surface area contributed by atoms with Gasteiger partial charge in [0.15, 0.2) is 0 Å². The number of morpholine rings is 1. The van der Waals surface area contributed by atoms with Gasteiger partial charge in [-0.25, -0.2) is 0 Å². The van der Waals surface area contributed by atoms with Crippen LogP contribution in [0, 0.1) is 0 Å². The normalized spacial score (nSPS) is 18.8. The molecule has 2 aliphatic heterocycles. The van der Waals surface area contributed by atoms with E-state index < -0.39 is 0 Å². The summed E-state index contributed by atoms with van der Waals surface area (Å²) in [5.41, 5.74) is 0. The average molecular weight is 378 g/mol. The van der Waals surface area contributed by atoms with Gasteiger partial charge in [-0.1, -0.05) is 18.2 Å². The fraction of sp³-hybridized carbons (Fsp3) is 0.579. The Morgan fingerprint density at radius 2 is 1.50 bits per heavy atom. The molecule has 0 N–H and O–H groups in total. The van der Waals surface area contributed by atoms with E-state index in [2.05, 4.69) is 17.0 Å². The Morgan fingerprint density at radius 1 is 0.885 bits per heavy atom. The Balaban J connectivity index is 1.34. The minimum absolute atomic E-state index is 0.165. The lowest BCUT2D eigenvalue weighted by molar-refractivity contribution is -0.140. The van der Waals surface area contributed by atoms with Gasteiger partial charge in [0.2, 0.25) is 11.8 Å². The Bertz CT molecular complexity index is 585. The van der Waals surface area contributed by atoms with Crippen molar-refractivity contribution in [2.75, 3.05) is 64.8 Å². The number of hydrogen-bond donors (Lipinski definition) is 0. The maximum atomic E-state index is 12.4. The lowest BCUT2D eigenvalue weighted by atomic mass is 10.2. The van der Waals surface area contributed by atoms with Crippen LogP contribution in [0.25, 0.3) is 0 Å². The lowest BCUT2D eigenvalue weighted by Crippen LogP contribution is -2.53. The van der Waals surface area contributed by atoms with Crippen molar-refractivity contribution in [3.63, 3.8) is 0 Å². The number of ether oxygens (including phenoxy) is 1. The molecule has 0 spiro atoms. The van der Waals surface area contributed by atoms with E-state index >= 15 is 0 Å². The maximum Gasteiger partial charge on any atom is 0.236 e. The van der Waals surface area contributed by atoms with Gasteiger partial charge < -0.3 is 14.5 Å². The number of carbonyl (C=O) groups is 2. The first-order valence-electron chi connectivity index (χ1n) is 9.26. The van der Waals surface area contributed by atoms with Crippen LogP contribution in [0.1, 0.15) is 6.42 Å². The summed E-state index contributed by atoms with van der Waals surface area (Å²) in [6.07, 6.45) is 0.543. The summed E-state index contributed by atoms with van der Waals surface area (Å²) in [6.45, 7) is 6.08. The molecule has 2 aliphatic rings. The van der Waals surface area contributed by atoms with Crippen molar-refractivity contribution in [1.29, 1.82) is 0 Å². The fourth-order valence-electron chi connectivity index (χ4n) is 3.19. The number of rotatable bonds is 6. The van der Waals surface area contributed by atoms with Crippen LogP contribution in [0.4, 0.5) is 0 Å². The molecule has 0 atom stereocenters. The van der Waals surface area contributed by atoms with Gasteiger partial charge in [-0.3, -0.25) is 14.5 Å². The van der Waals surface area contributed by atoms with Crippen molar-refractivity contribution in [2.45, 2.75) is 11.3 Å². The first kappa shape index (κ1) is 19.2. The van der Waals surface area contributed by atoms with Crippen LogP contribution in [-0.4, -0.2) is 91.3 Å². The molecule has 0 radical (unpaired) electrons. The van der Waals surface area contributed by atoms with E-state index in [1.807, 2.05) is 28.0 Å². The molecule has 7 heteroatoms. The zero-order valence-corrected chi connectivity index (χ0v) is 16.0. The third-order valence-electron chi connectivity index (χ3n) is 4.78. The van der Waals surface area contributed by atoms with Gasteiger partial charge in [0.1, 0.15) is 0 Å². The highest BCUT2D eigenvalue weighted by Crippen LogP contribution is 2.18. The summed E-state index contributed by atoms with van der Waals surface area (Å²) in [5, 5.41) is 0. The molecule has 2 heterocycles. The molecule has 2 saturated heterocycles. The van der Waals surface area contributed by atoms with E-state index in [9.17, 15) is 9.59 Å².